The molecule has 3 aliphatic rings. The van der Waals surface area contributed by atoms with Crippen molar-refractivity contribution in [1.29, 1.82) is 0 Å². The Labute approximate surface area is 213 Å². The van der Waals surface area contributed by atoms with E-state index in [2.05, 4.69) is 11.4 Å². The summed E-state index contributed by atoms with van der Waals surface area (Å²) in [6, 6.07) is 18.4. The summed E-state index contributed by atoms with van der Waals surface area (Å²) in [5.41, 5.74) is 4.32. The number of allylic oxidation sites excluding steroid dienone is 1. The first-order chi connectivity index (χ1) is 17.5. The van der Waals surface area contributed by atoms with E-state index in [1.807, 2.05) is 52.7 Å². The van der Waals surface area contributed by atoms with Crippen molar-refractivity contribution >= 4 is 40.4 Å². The number of nitrogens with zero attached hydrogens (tertiary/aromatic N) is 1. The molecule has 0 unspecified atom stereocenters. The number of esters is 1. The molecule has 0 saturated heterocycles. The second kappa shape index (κ2) is 9.06. The van der Waals surface area contributed by atoms with E-state index < -0.39 is 12.0 Å². The van der Waals surface area contributed by atoms with E-state index in [1.54, 1.807) is 23.5 Å². The highest BCUT2D eigenvalue weighted by atomic mass is 32.1. The first-order valence-corrected chi connectivity index (χ1v) is 13.1. The number of fused-ring (bicyclic) bond motifs is 1. The van der Waals surface area contributed by atoms with E-state index in [0.29, 0.717) is 24.0 Å². The minimum Gasteiger partial charge on any atom is -0.465 e. The molecule has 0 spiro atoms. The van der Waals surface area contributed by atoms with Crippen molar-refractivity contribution in [2.75, 3.05) is 17.3 Å². The van der Waals surface area contributed by atoms with Crippen LogP contribution in [0.4, 0.5) is 11.4 Å². The Bertz CT molecular complexity index is 1370. The van der Waals surface area contributed by atoms with Gasteiger partial charge in [-0.2, -0.15) is 0 Å². The van der Waals surface area contributed by atoms with Crippen molar-refractivity contribution in [3.05, 3.63) is 93.3 Å². The summed E-state index contributed by atoms with van der Waals surface area (Å²) >= 11 is 1.67. The SMILES string of the molecule is COC(=O)c1ccc([C@@H]2C3=C(C[C@H](c4cccs4)CC3=O)Nc3ccccc3N2C(=O)C2CC2)cc1. The van der Waals surface area contributed by atoms with Crippen molar-refractivity contribution in [1.82, 2.24) is 0 Å². The van der Waals surface area contributed by atoms with Gasteiger partial charge in [-0.3, -0.25) is 14.5 Å². The van der Waals surface area contributed by atoms with Gasteiger partial charge in [0.05, 0.1) is 30.1 Å². The highest BCUT2D eigenvalue weighted by molar-refractivity contribution is 7.10. The van der Waals surface area contributed by atoms with Gasteiger partial charge in [-0.05, 0) is 60.5 Å². The molecule has 1 amide bonds. The minimum absolute atomic E-state index is 0.0328. The lowest BCUT2D eigenvalue weighted by Gasteiger charge is -2.35. The lowest BCUT2D eigenvalue weighted by atomic mass is 9.80. The summed E-state index contributed by atoms with van der Waals surface area (Å²) in [6.45, 7) is 0. The van der Waals surface area contributed by atoms with Crippen molar-refractivity contribution in [2.24, 2.45) is 5.92 Å². The van der Waals surface area contributed by atoms with Gasteiger partial charge in [0.2, 0.25) is 5.91 Å². The normalized spacial score (nSPS) is 21.2. The minimum atomic E-state index is -0.576. The summed E-state index contributed by atoms with van der Waals surface area (Å²) in [6.07, 6.45) is 2.82. The Morgan fingerprint density at radius 1 is 1.00 bits per heavy atom. The number of para-hydroxylation sites is 2. The molecule has 6 nitrogen and oxygen atoms in total. The first kappa shape index (κ1) is 22.7. The number of hydrogen-bond donors (Lipinski definition) is 1. The molecule has 7 heteroatoms. The van der Waals surface area contributed by atoms with Crippen LogP contribution in [0, 0.1) is 5.92 Å². The van der Waals surface area contributed by atoms with Gasteiger partial charge in [0.25, 0.3) is 0 Å². The van der Waals surface area contributed by atoms with E-state index in [4.69, 9.17) is 4.74 Å². The quantitative estimate of drug-likeness (QED) is 0.457. The van der Waals surface area contributed by atoms with Gasteiger partial charge < -0.3 is 10.1 Å². The fourth-order valence-corrected chi connectivity index (χ4v) is 6.15. The molecule has 2 heterocycles. The molecule has 1 aliphatic heterocycles. The van der Waals surface area contributed by atoms with Crippen molar-refractivity contribution in [2.45, 2.75) is 37.6 Å². The molecular formula is C29H26N2O4S. The second-order valence-corrected chi connectivity index (χ2v) is 10.6. The van der Waals surface area contributed by atoms with E-state index in [-0.39, 0.29) is 23.5 Å². The fourth-order valence-electron chi connectivity index (χ4n) is 5.32. The number of ether oxygens (including phenoxy) is 1. The van der Waals surface area contributed by atoms with Crippen LogP contribution in [-0.2, 0) is 14.3 Å². The average Bonchev–Trinajstić information content (AvgIpc) is 3.64. The predicted octanol–water partition coefficient (Wildman–Crippen LogP) is 5.85. The molecule has 0 radical (unpaired) electrons. The number of carbonyl (C=O) groups is 3. The van der Waals surface area contributed by atoms with E-state index in [0.717, 1.165) is 35.5 Å². The predicted molar refractivity (Wildman–Crippen MR) is 139 cm³/mol. The second-order valence-electron chi connectivity index (χ2n) is 9.58. The molecule has 2 aromatic carbocycles. The molecule has 0 bridgehead atoms. The molecule has 1 aromatic heterocycles. The number of benzene rings is 2. The number of ketones is 1. The maximum atomic E-state index is 13.9. The monoisotopic (exact) mass is 498 g/mol. The van der Waals surface area contributed by atoms with Crippen molar-refractivity contribution in [3.63, 3.8) is 0 Å². The van der Waals surface area contributed by atoms with Crippen LogP contribution in [0.25, 0.3) is 0 Å². The zero-order chi connectivity index (χ0) is 24.8. The molecule has 2 aliphatic carbocycles. The van der Waals surface area contributed by atoms with Crippen LogP contribution < -0.4 is 10.2 Å². The van der Waals surface area contributed by atoms with Gasteiger partial charge in [-0.1, -0.05) is 30.3 Å². The summed E-state index contributed by atoms with van der Waals surface area (Å²) < 4.78 is 4.86. The van der Waals surface area contributed by atoms with Crippen LogP contribution >= 0.6 is 11.3 Å². The summed E-state index contributed by atoms with van der Waals surface area (Å²) in [7, 11) is 1.35. The average molecular weight is 499 g/mol. The molecule has 3 aromatic rings. The topological polar surface area (TPSA) is 75.7 Å². The fraction of sp³-hybridized carbons (Fsp3) is 0.276. The molecule has 1 saturated carbocycles. The number of methoxy groups -OCH3 is 1. The van der Waals surface area contributed by atoms with E-state index in [9.17, 15) is 14.4 Å². The largest absolute Gasteiger partial charge is 0.465 e. The highest BCUT2D eigenvalue weighted by Gasteiger charge is 2.45. The Morgan fingerprint density at radius 3 is 2.47 bits per heavy atom. The van der Waals surface area contributed by atoms with Crippen LogP contribution in [0.2, 0.25) is 0 Å². The maximum Gasteiger partial charge on any atom is 0.337 e. The van der Waals surface area contributed by atoms with Crippen molar-refractivity contribution < 1.29 is 19.1 Å². The molecular weight excluding hydrogens is 472 g/mol. The zero-order valence-electron chi connectivity index (χ0n) is 19.9. The van der Waals surface area contributed by atoms with Gasteiger partial charge >= 0.3 is 5.97 Å². The van der Waals surface area contributed by atoms with Crippen LogP contribution in [0.5, 0.6) is 0 Å². The van der Waals surface area contributed by atoms with Gasteiger partial charge in [0.1, 0.15) is 0 Å². The number of thiophene rings is 1. The number of rotatable bonds is 4. The van der Waals surface area contributed by atoms with E-state index in [1.165, 1.54) is 12.0 Å². The highest BCUT2D eigenvalue weighted by Crippen LogP contribution is 2.49. The molecule has 2 atom stereocenters. The third-order valence-corrected chi connectivity index (χ3v) is 8.28. The lowest BCUT2D eigenvalue weighted by molar-refractivity contribution is -0.120. The van der Waals surface area contributed by atoms with Gasteiger partial charge in [-0.25, -0.2) is 4.79 Å². The maximum absolute atomic E-state index is 13.9. The summed E-state index contributed by atoms with van der Waals surface area (Å²) in [5, 5.41) is 5.60. The third kappa shape index (κ3) is 3.93. The Morgan fingerprint density at radius 2 is 1.78 bits per heavy atom. The smallest absolute Gasteiger partial charge is 0.337 e. The number of amides is 1. The molecule has 36 heavy (non-hydrogen) atoms. The Hall–Kier alpha value is -3.71. The number of carbonyl (C=O) groups excluding carboxylic acids is 3. The number of Topliss-reactive ketones (excluding diaryl/α,β-unsaturated/α-hetero) is 1. The standard InChI is InChI=1S/C29H26N2O4S/c1-35-29(34)19-12-8-17(9-13-19)27-26-22(15-20(16-24(26)32)25-7-4-14-36-25)30-21-5-2-3-6-23(21)31(27)28(33)18-10-11-18/h2-9,12-14,18,20,27,30H,10-11,15-16H2,1H3/t20-,27+/m0/s1. The Kier molecular flexibility index (Phi) is 5.72. The number of hydrogen-bond acceptors (Lipinski definition) is 6. The van der Waals surface area contributed by atoms with Gasteiger partial charge in [0.15, 0.2) is 5.78 Å². The van der Waals surface area contributed by atoms with Crippen LogP contribution in [0.1, 0.15) is 58.4 Å². The van der Waals surface area contributed by atoms with Crippen LogP contribution in [0.15, 0.2) is 77.3 Å². The first-order valence-electron chi connectivity index (χ1n) is 12.2. The van der Waals surface area contributed by atoms with E-state index >= 15 is 0 Å². The molecule has 1 N–H and O–H groups in total. The van der Waals surface area contributed by atoms with Gasteiger partial charge in [0, 0.05) is 34.4 Å². The zero-order valence-corrected chi connectivity index (χ0v) is 20.7. The number of anilines is 2. The van der Waals surface area contributed by atoms with Crippen LogP contribution in [-0.4, -0.2) is 24.8 Å². The van der Waals surface area contributed by atoms with Crippen LogP contribution in [0.3, 0.4) is 0 Å². The summed E-state index contributed by atoms with van der Waals surface area (Å²) in [5.74, 6) is -0.273. The molecule has 182 valence electrons. The molecule has 6 rings (SSSR count). The van der Waals surface area contributed by atoms with Crippen molar-refractivity contribution in [3.8, 4) is 0 Å². The summed E-state index contributed by atoms with van der Waals surface area (Å²) in [4.78, 5) is 42.8. The Balaban J connectivity index is 1.53. The van der Waals surface area contributed by atoms with Gasteiger partial charge in [-0.15, -0.1) is 11.3 Å². The molecule has 1 fully saturated rings. The third-order valence-electron chi connectivity index (χ3n) is 7.25. The number of nitrogens with one attached hydrogen (secondary N) is 1. The lowest BCUT2D eigenvalue weighted by Crippen LogP contribution is -2.39.